The van der Waals surface area contributed by atoms with Crippen molar-refractivity contribution in [3.63, 3.8) is 0 Å². The number of nitrogens with one attached hydrogen (secondary N) is 1. The molecule has 1 rings (SSSR count). The second-order valence-electron chi connectivity index (χ2n) is 6.27. The number of hydrogen-bond acceptors (Lipinski definition) is 3. The summed E-state index contributed by atoms with van der Waals surface area (Å²) in [7, 11) is 0.654. The van der Waals surface area contributed by atoms with Crippen LogP contribution in [0.3, 0.4) is 0 Å². The van der Waals surface area contributed by atoms with Gasteiger partial charge in [0.2, 0.25) is 5.91 Å². The number of benzene rings is 1. The minimum Gasteiger partial charge on any atom is -0.384 e. The van der Waals surface area contributed by atoms with E-state index in [0.717, 1.165) is 11.3 Å². The first-order chi connectivity index (χ1) is 9.80. The van der Waals surface area contributed by atoms with Crippen LogP contribution in [0, 0.1) is 5.41 Å². The molecule has 0 saturated carbocycles. The van der Waals surface area contributed by atoms with Crippen molar-refractivity contribution in [2.75, 3.05) is 24.8 Å². The molecule has 1 unspecified atom stereocenters. The third-order valence-corrected chi connectivity index (χ3v) is 4.02. The molecule has 1 aromatic rings. The van der Waals surface area contributed by atoms with Crippen molar-refractivity contribution in [1.29, 1.82) is 0 Å². The van der Waals surface area contributed by atoms with E-state index in [4.69, 9.17) is 4.74 Å². The Morgan fingerprint density at radius 3 is 2.67 bits per heavy atom. The van der Waals surface area contributed by atoms with Crippen molar-refractivity contribution < 1.29 is 13.7 Å². The lowest BCUT2D eigenvalue weighted by molar-refractivity contribution is -0.117. The first-order valence-electron chi connectivity index (χ1n) is 7.03. The fourth-order valence-electron chi connectivity index (χ4n) is 1.86. The fraction of sp³-hybridized carbons (Fsp3) is 0.562. The van der Waals surface area contributed by atoms with Crippen LogP contribution in [0.25, 0.3) is 0 Å². The molecule has 0 heterocycles. The first kappa shape index (κ1) is 17.9. The molecule has 0 aliphatic heterocycles. The fourth-order valence-corrected chi connectivity index (χ4v) is 2.91. The van der Waals surface area contributed by atoms with E-state index in [0.29, 0.717) is 24.5 Å². The highest BCUT2D eigenvalue weighted by atomic mass is 32.2. The van der Waals surface area contributed by atoms with Gasteiger partial charge in [-0.1, -0.05) is 32.9 Å². The molecule has 0 aliphatic rings. The van der Waals surface area contributed by atoms with Gasteiger partial charge in [0, 0.05) is 41.5 Å². The maximum absolute atomic E-state index is 11.9. The predicted octanol–water partition coefficient (Wildman–Crippen LogP) is 2.96. The Balaban J connectivity index is 2.60. The third kappa shape index (κ3) is 7.97. The Kier molecular flexibility index (Phi) is 7.05. The number of amides is 1. The zero-order valence-corrected chi connectivity index (χ0v) is 14.1. The van der Waals surface area contributed by atoms with Crippen LogP contribution in [0.15, 0.2) is 24.3 Å². The van der Waals surface area contributed by atoms with Crippen LogP contribution in [-0.4, -0.2) is 29.6 Å². The lowest BCUT2D eigenvalue weighted by Gasteiger charge is -2.17. The molecule has 0 aliphatic carbocycles. The SMILES string of the molecule is COCCS(=O)Cc1cccc(NC(=O)CC(C)(C)C)c1. The lowest BCUT2D eigenvalue weighted by atomic mass is 9.92. The molecule has 0 saturated heterocycles. The molecule has 0 fully saturated rings. The summed E-state index contributed by atoms with van der Waals surface area (Å²) in [5.41, 5.74) is 1.67. The monoisotopic (exact) mass is 311 g/mol. The van der Waals surface area contributed by atoms with Crippen molar-refractivity contribution in [3.8, 4) is 0 Å². The largest absolute Gasteiger partial charge is 0.384 e. The van der Waals surface area contributed by atoms with Gasteiger partial charge in [0.25, 0.3) is 0 Å². The highest BCUT2D eigenvalue weighted by Gasteiger charge is 2.16. The van der Waals surface area contributed by atoms with Crippen LogP contribution in [0.1, 0.15) is 32.8 Å². The van der Waals surface area contributed by atoms with E-state index in [-0.39, 0.29) is 11.3 Å². The molecular weight excluding hydrogens is 286 g/mol. The van der Waals surface area contributed by atoms with Crippen molar-refractivity contribution >= 4 is 22.4 Å². The topological polar surface area (TPSA) is 55.4 Å². The van der Waals surface area contributed by atoms with Crippen LogP contribution in [0.2, 0.25) is 0 Å². The molecule has 118 valence electrons. The summed E-state index contributed by atoms with van der Waals surface area (Å²) >= 11 is 0. The Morgan fingerprint density at radius 1 is 1.33 bits per heavy atom. The maximum Gasteiger partial charge on any atom is 0.224 e. The second kappa shape index (κ2) is 8.29. The number of carbonyl (C=O) groups is 1. The number of ether oxygens (including phenoxy) is 1. The maximum atomic E-state index is 11.9. The van der Waals surface area contributed by atoms with E-state index in [1.165, 1.54) is 0 Å². The predicted molar refractivity (Wildman–Crippen MR) is 87.7 cm³/mol. The standard InChI is InChI=1S/C16H25NO3S/c1-16(2,3)11-15(18)17-14-7-5-6-13(10-14)12-21(19)9-8-20-4/h5-7,10H,8-9,11-12H2,1-4H3,(H,17,18). The molecule has 0 spiro atoms. The van der Waals surface area contributed by atoms with E-state index in [1.54, 1.807) is 7.11 Å². The van der Waals surface area contributed by atoms with Gasteiger partial charge in [-0.3, -0.25) is 9.00 Å². The molecule has 1 amide bonds. The number of methoxy groups -OCH3 is 1. The molecule has 1 aromatic carbocycles. The van der Waals surface area contributed by atoms with Gasteiger partial charge in [0.05, 0.1) is 6.61 Å². The van der Waals surface area contributed by atoms with Crippen molar-refractivity contribution in [2.24, 2.45) is 5.41 Å². The number of rotatable bonds is 7. The van der Waals surface area contributed by atoms with Crippen LogP contribution < -0.4 is 5.32 Å². The molecule has 1 N–H and O–H groups in total. The molecule has 0 aromatic heterocycles. The zero-order chi connectivity index (χ0) is 15.9. The summed E-state index contributed by atoms with van der Waals surface area (Å²) in [6.45, 7) is 6.58. The summed E-state index contributed by atoms with van der Waals surface area (Å²) in [4.78, 5) is 11.9. The van der Waals surface area contributed by atoms with E-state index in [2.05, 4.69) is 5.32 Å². The van der Waals surface area contributed by atoms with Gasteiger partial charge < -0.3 is 10.1 Å². The molecule has 5 heteroatoms. The van der Waals surface area contributed by atoms with Crippen molar-refractivity contribution in [3.05, 3.63) is 29.8 Å². The van der Waals surface area contributed by atoms with Gasteiger partial charge in [0.1, 0.15) is 0 Å². The van der Waals surface area contributed by atoms with Gasteiger partial charge in [0.15, 0.2) is 0 Å². The van der Waals surface area contributed by atoms with E-state index in [1.807, 2.05) is 45.0 Å². The smallest absolute Gasteiger partial charge is 0.224 e. The summed E-state index contributed by atoms with van der Waals surface area (Å²) in [5, 5.41) is 2.89. The summed E-state index contributed by atoms with van der Waals surface area (Å²) < 4.78 is 16.8. The van der Waals surface area contributed by atoms with Crippen LogP contribution in [0.5, 0.6) is 0 Å². The van der Waals surface area contributed by atoms with Gasteiger partial charge >= 0.3 is 0 Å². The van der Waals surface area contributed by atoms with Crippen LogP contribution in [0.4, 0.5) is 5.69 Å². The average molecular weight is 311 g/mol. The number of carbonyl (C=O) groups excluding carboxylic acids is 1. The highest BCUT2D eigenvalue weighted by Crippen LogP contribution is 2.20. The molecule has 1 atom stereocenters. The minimum absolute atomic E-state index is 0.000144. The van der Waals surface area contributed by atoms with Crippen molar-refractivity contribution in [2.45, 2.75) is 32.9 Å². The number of anilines is 1. The van der Waals surface area contributed by atoms with Crippen LogP contribution >= 0.6 is 0 Å². The highest BCUT2D eigenvalue weighted by molar-refractivity contribution is 7.84. The Bertz CT molecular complexity index is 495. The van der Waals surface area contributed by atoms with E-state index >= 15 is 0 Å². The average Bonchev–Trinajstić information content (AvgIpc) is 2.34. The molecule has 0 radical (unpaired) electrons. The summed E-state index contributed by atoms with van der Waals surface area (Å²) in [6, 6.07) is 7.52. The van der Waals surface area contributed by atoms with Crippen molar-refractivity contribution in [1.82, 2.24) is 0 Å². The Labute approximate surface area is 129 Å². The summed E-state index contributed by atoms with van der Waals surface area (Å²) in [6.07, 6.45) is 0.469. The first-order valence-corrected chi connectivity index (χ1v) is 8.52. The van der Waals surface area contributed by atoms with Gasteiger partial charge in [-0.15, -0.1) is 0 Å². The molecular formula is C16H25NO3S. The minimum atomic E-state index is -0.945. The second-order valence-corrected chi connectivity index (χ2v) is 7.84. The summed E-state index contributed by atoms with van der Waals surface area (Å²) in [5.74, 6) is 1.00. The molecule has 21 heavy (non-hydrogen) atoms. The number of hydrogen-bond donors (Lipinski definition) is 1. The lowest BCUT2D eigenvalue weighted by Crippen LogP contribution is -2.19. The van der Waals surface area contributed by atoms with Crippen LogP contribution in [-0.2, 0) is 26.1 Å². The van der Waals surface area contributed by atoms with Gasteiger partial charge in [-0.05, 0) is 23.1 Å². The molecule has 4 nitrogen and oxygen atoms in total. The normalized spacial score (nSPS) is 13.0. The Hall–Kier alpha value is -1.20. The molecule has 0 bridgehead atoms. The zero-order valence-electron chi connectivity index (χ0n) is 13.3. The van der Waals surface area contributed by atoms with Gasteiger partial charge in [-0.25, -0.2) is 0 Å². The van der Waals surface area contributed by atoms with E-state index in [9.17, 15) is 9.00 Å². The Morgan fingerprint density at radius 2 is 2.05 bits per heavy atom. The third-order valence-electron chi connectivity index (χ3n) is 2.74. The quantitative estimate of drug-likeness (QED) is 0.842. The van der Waals surface area contributed by atoms with Gasteiger partial charge in [-0.2, -0.15) is 0 Å². The van der Waals surface area contributed by atoms with E-state index < -0.39 is 10.8 Å².